The van der Waals surface area contributed by atoms with Gasteiger partial charge in [-0.15, -0.1) is 0 Å². The third-order valence-electron chi connectivity index (χ3n) is 12.0. The molecule has 5 aromatic rings. The van der Waals surface area contributed by atoms with E-state index in [2.05, 4.69) is 43.7 Å². The second kappa shape index (κ2) is 18.1. The van der Waals surface area contributed by atoms with E-state index in [1.165, 1.54) is 24.4 Å². The largest absolute Gasteiger partial charge is 0.455 e. The average Bonchev–Trinajstić information content (AvgIpc) is 3.72. The first-order chi connectivity index (χ1) is 29.7. The van der Waals surface area contributed by atoms with Gasteiger partial charge in [0.05, 0.1) is 27.7 Å². The standard InChI is InChI=1S/C45H50ClN7O8S/c1-45(2)24-37(30-3-5-32(46)6-4-30)38(41(54)25-45)28-51-15-17-52(18-16-51)33-7-9-36(42(22-33)61-34-21-31-11-14-47-43(31)49-27-34)44(55)50-62(58,59)35-8-10-39(40(23-35)53(56)57)48-26-29-12-19-60-20-13-29/h3-11,14,21-23,27,29,41,48,54H,12-13,15-20,24-26,28H2,1-2H3,(H,47,49)(H,50,55). The topological polar surface area (TPSA) is 192 Å². The number of hydrogen-bond acceptors (Lipinski definition) is 12. The van der Waals surface area contributed by atoms with Crippen LogP contribution < -0.4 is 19.7 Å². The minimum Gasteiger partial charge on any atom is -0.455 e. The fourth-order valence-corrected chi connectivity index (χ4v) is 9.67. The number of aromatic nitrogens is 2. The van der Waals surface area contributed by atoms with Crippen LogP contribution in [0.4, 0.5) is 17.1 Å². The fourth-order valence-electron chi connectivity index (χ4n) is 8.56. The molecule has 4 heterocycles. The highest BCUT2D eigenvalue weighted by Crippen LogP contribution is 2.44. The van der Waals surface area contributed by atoms with Crippen LogP contribution in [0.15, 0.2) is 95.7 Å². The molecule has 2 fully saturated rings. The second-order valence-corrected chi connectivity index (χ2v) is 19.1. The summed E-state index contributed by atoms with van der Waals surface area (Å²) in [5, 5.41) is 28.0. The Bertz CT molecular complexity index is 2600. The van der Waals surface area contributed by atoms with Crippen molar-refractivity contribution in [3.8, 4) is 11.5 Å². The molecule has 0 bridgehead atoms. The van der Waals surface area contributed by atoms with Gasteiger partial charge in [-0.1, -0.05) is 37.6 Å². The molecule has 17 heteroatoms. The lowest BCUT2D eigenvalue weighted by Gasteiger charge is -2.41. The lowest BCUT2D eigenvalue weighted by Crippen LogP contribution is -2.48. The van der Waals surface area contributed by atoms with Crippen LogP contribution in [-0.2, 0) is 14.8 Å². The van der Waals surface area contributed by atoms with E-state index < -0.39 is 37.5 Å². The number of aliphatic hydroxyl groups is 1. The first-order valence-electron chi connectivity index (χ1n) is 20.8. The maximum atomic E-state index is 13.9. The molecule has 0 spiro atoms. The second-order valence-electron chi connectivity index (χ2n) is 17.0. The number of carbonyl (C=O) groups excluding carboxylic acids is 1. The van der Waals surface area contributed by atoms with E-state index in [4.69, 9.17) is 21.1 Å². The van der Waals surface area contributed by atoms with E-state index in [1.54, 1.807) is 24.4 Å². The Kier molecular flexibility index (Phi) is 12.6. The van der Waals surface area contributed by atoms with Gasteiger partial charge in [0.1, 0.15) is 22.8 Å². The number of benzene rings is 3. The average molecular weight is 884 g/mol. The maximum absolute atomic E-state index is 13.9. The monoisotopic (exact) mass is 883 g/mol. The van der Waals surface area contributed by atoms with Crippen molar-refractivity contribution in [1.29, 1.82) is 0 Å². The Morgan fingerprint density at radius 2 is 1.81 bits per heavy atom. The summed E-state index contributed by atoms with van der Waals surface area (Å²) >= 11 is 6.22. The maximum Gasteiger partial charge on any atom is 0.293 e. The summed E-state index contributed by atoms with van der Waals surface area (Å²) in [4.78, 5) is 36.8. The van der Waals surface area contributed by atoms with Crippen LogP contribution in [0, 0.1) is 21.4 Å². The number of allylic oxidation sites excluding steroid dienone is 1. The number of nitro benzene ring substituents is 1. The van der Waals surface area contributed by atoms with Gasteiger partial charge in [-0.2, -0.15) is 0 Å². The van der Waals surface area contributed by atoms with Gasteiger partial charge in [-0.3, -0.25) is 19.8 Å². The van der Waals surface area contributed by atoms with Gasteiger partial charge in [-0.25, -0.2) is 18.1 Å². The molecule has 1 atom stereocenters. The number of sulfonamides is 1. The van der Waals surface area contributed by atoms with Crippen molar-refractivity contribution in [3.05, 3.63) is 117 Å². The number of ether oxygens (including phenoxy) is 2. The number of nitrogens with zero attached hydrogens (tertiary/aromatic N) is 4. The van der Waals surface area contributed by atoms with Crippen molar-refractivity contribution in [1.82, 2.24) is 19.6 Å². The van der Waals surface area contributed by atoms with Crippen LogP contribution in [-0.4, -0.2) is 97.8 Å². The predicted molar refractivity (Wildman–Crippen MR) is 238 cm³/mol. The molecule has 3 aliphatic rings. The zero-order chi connectivity index (χ0) is 43.6. The number of carbonyl (C=O) groups is 1. The van der Waals surface area contributed by atoms with Crippen LogP contribution in [0.1, 0.15) is 55.5 Å². The number of halogens is 1. The molecule has 0 radical (unpaired) electrons. The van der Waals surface area contributed by atoms with Crippen molar-refractivity contribution in [3.63, 3.8) is 0 Å². The van der Waals surface area contributed by atoms with E-state index in [1.807, 2.05) is 30.3 Å². The number of pyridine rings is 1. The number of nitro groups is 1. The van der Waals surface area contributed by atoms with Crippen molar-refractivity contribution in [2.45, 2.75) is 50.5 Å². The van der Waals surface area contributed by atoms with Crippen LogP contribution in [0.2, 0.25) is 5.02 Å². The number of piperazine rings is 1. The lowest BCUT2D eigenvalue weighted by atomic mass is 9.71. The number of aromatic amines is 1. The molecular weight excluding hydrogens is 834 g/mol. The number of rotatable bonds is 13. The molecule has 8 rings (SSSR count). The highest BCUT2D eigenvalue weighted by Gasteiger charge is 2.35. The summed E-state index contributed by atoms with van der Waals surface area (Å²) in [6, 6.07) is 19.9. The Labute approximate surface area is 365 Å². The molecule has 2 aliphatic heterocycles. The van der Waals surface area contributed by atoms with Crippen molar-refractivity contribution < 1.29 is 32.7 Å². The molecule has 326 valence electrons. The molecule has 1 amide bonds. The molecular formula is C45H50ClN7O8S. The number of nitrogens with one attached hydrogen (secondary N) is 3. The van der Waals surface area contributed by atoms with E-state index in [9.17, 15) is 28.4 Å². The minimum atomic E-state index is -4.57. The van der Waals surface area contributed by atoms with Crippen LogP contribution in [0.5, 0.6) is 11.5 Å². The van der Waals surface area contributed by atoms with E-state index in [-0.39, 0.29) is 28.3 Å². The van der Waals surface area contributed by atoms with Gasteiger partial charge in [0.2, 0.25) is 0 Å². The lowest BCUT2D eigenvalue weighted by molar-refractivity contribution is -0.384. The normalized spacial score (nSPS) is 18.8. The molecule has 15 nitrogen and oxygen atoms in total. The van der Waals surface area contributed by atoms with Crippen molar-refractivity contribution in [2.75, 3.05) is 62.7 Å². The van der Waals surface area contributed by atoms with Gasteiger partial charge in [0.25, 0.3) is 21.6 Å². The fraction of sp³-hybridized carbons (Fsp3) is 0.378. The van der Waals surface area contributed by atoms with E-state index in [0.29, 0.717) is 75.3 Å². The van der Waals surface area contributed by atoms with Crippen LogP contribution in [0.25, 0.3) is 16.6 Å². The first kappa shape index (κ1) is 43.1. The van der Waals surface area contributed by atoms with Gasteiger partial charge in [0.15, 0.2) is 0 Å². The van der Waals surface area contributed by atoms with Gasteiger partial charge in [-0.05, 0) is 102 Å². The molecule has 1 unspecified atom stereocenters. The Hall–Kier alpha value is -5.52. The van der Waals surface area contributed by atoms with Gasteiger partial charge >= 0.3 is 0 Å². The molecule has 3 aromatic carbocycles. The molecule has 1 aliphatic carbocycles. The third-order valence-corrected chi connectivity index (χ3v) is 13.5. The number of amides is 1. The van der Waals surface area contributed by atoms with Crippen molar-refractivity contribution in [2.24, 2.45) is 11.3 Å². The number of anilines is 2. The smallest absolute Gasteiger partial charge is 0.293 e. The summed E-state index contributed by atoms with van der Waals surface area (Å²) in [6.07, 6.45) is 5.84. The molecule has 0 saturated carbocycles. The molecule has 4 N–H and O–H groups in total. The summed E-state index contributed by atoms with van der Waals surface area (Å²) in [5.74, 6) is -0.287. The zero-order valence-corrected chi connectivity index (χ0v) is 36.2. The first-order valence-corrected chi connectivity index (χ1v) is 22.6. The Morgan fingerprint density at radius 1 is 1.05 bits per heavy atom. The van der Waals surface area contributed by atoms with Crippen molar-refractivity contribution >= 4 is 61.2 Å². The van der Waals surface area contributed by atoms with Gasteiger partial charge in [0, 0.05) is 86.9 Å². The highest BCUT2D eigenvalue weighted by molar-refractivity contribution is 7.90. The Morgan fingerprint density at radius 3 is 2.55 bits per heavy atom. The van der Waals surface area contributed by atoms with Crippen LogP contribution >= 0.6 is 11.6 Å². The van der Waals surface area contributed by atoms with Gasteiger partial charge < -0.3 is 29.8 Å². The minimum absolute atomic E-state index is 0.0539. The van der Waals surface area contributed by atoms with E-state index >= 15 is 0 Å². The quantitative estimate of drug-likeness (QED) is 0.0669. The third kappa shape index (κ3) is 9.90. The molecule has 62 heavy (non-hydrogen) atoms. The SMILES string of the molecule is CC1(C)CC(c2ccc(Cl)cc2)=C(CN2CCN(c3ccc(C(=O)NS(=O)(=O)c4ccc(NCC5CCOCC5)c([N+](=O)[O-])c4)c(Oc4cnc5[nH]ccc5c4)c3)CC2)C(O)C1. The summed E-state index contributed by atoms with van der Waals surface area (Å²) < 4.78 is 41.1. The molecule has 2 saturated heterocycles. The number of hydrogen-bond donors (Lipinski definition) is 4. The number of fused-ring (bicyclic) bond motifs is 1. The summed E-state index contributed by atoms with van der Waals surface area (Å²) in [7, 11) is -4.57. The molecule has 2 aromatic heterocycles. The number of H-pyrrole nitrogens is 1. The van der Waals surface area contributed by atoms with Crippen LogP contribution in [0.3, 0.4) is 0 Å². The van der Waals surface area contributed by atoms with E-state index in [0.717, 1.165) is 53.1 Å². The highest BCUT2D eigenvalue weighted by atomic mass is 35.5. The predicted octanol–water partition coefficient (Wildman–Crippen LogP) is 7.63. The Balaban J connectivity index is 1.01. The number of aliphatic hydroxyl groups excluding tert-OH is 1. The summed E-state index contributed by atoms with van der Waals surface area (Å²) in [6.45, 7) is 9.39. The zero-order valence-electron chi connectivity index (χ0n) is 34.6. The summed E-state index contributed by atoms with van der Waals surface area (Å²) in [5.41, 5.74) is 4.30.